The summed E-state index contributed by atoms with van der Waals surface area (Å²) in [5, 5.41) is 9.80. The minimum absolute atomic E-state index is 0.161. The van der Waals surface area contributed by atoms with E-state index in [0.717, 1.165) is 24.6 Å². The number of aromatic nitrogens is 3. The fourth-order valence-corrected chi connectivity index (χ4v) is 1.97. The molecule has 1 aliphatic carbocycles. The van der Waals surface area contributed by atoms with Crippen molar-refractivity contribution in [1.82, 2.24) is 20.5 Å². The maximum absolute atomic E-state index is 12.0. The Morgan fingerprint density at radius 2 is 2.22 bits per heavy atom. The van der Waals surface area contributed by atoms with E-state index in [1.54, 1.807) is 0 Å². The Bertz CT molecular complexity index is 409. The van der Waals surface area contributed by atoms with Crippen LogP contribution in [0.3, 0.4) is 0 Å². The molecule has 100 valence electrons. The van der Waals surface area contributed by atoms with Gasteiger partial charge in [-0.25, -0.2) is 4.98 Å². The van der Waals surface area contributed by atoms with Gasteiger partial charge in [0.15, 0.2) is 0 Å². The summed E-state index contributed by atoms with van der Waals surface area (Å²) < 4.78 is 0. The fourth-order valence-electron chi connectivity index (χ4n) is 1.97. The molecule has 1 fully saturated rings. The molecule has 18 heavy (non-hydrogen) atoms. The van der Waals surface area contributed by atoms with E-state index in [2.05, 4.69) is 27.4 Å². The van der Waals surface area contributed by atoms with E-state index in [0.29, 0.717) is 0 Å². The van der Waals surface area contributed by atoms with Gasteiger partial charge in [-0.3, -0.25) is 9.89 Å². The molecule has 1 heterocycles. The molecule has 2 N–H and O–H groups in total. The fraction of sp³-hybridized carbons (Fsp3) is 0.769. The molecular formula is C13H22N4O. The van der Waals surface area contributed by atoms with Gasteiger partial charge in [0.2, 0.25) is 5.82 Å². The van der Waals surface area contributed by atoms with Crippen LogP contribution in [0.1, 0.15) is 68.8 Å². The summed E-state index contributed by atoms with van der Waals surface area (Å²) in [6.45, 7) is 6.14. The maximum atomic E-state index is 12.0. The zero-order chi connectivity index (χ0) is 13.1. The molecule has 0 bridgehead atoms. The number of rotatable bonds is 6. The monoisotopic (exact) mass is 250 g/mol. The standard InChI is InChI=1S/C13H22N4O/c1-4-10(7-9-5-6-9)14-13(18)12-15-11(8(2)3)16-17-12/h8-10H,4-7H2,1-3H3,(H,14,18)(H,15,16,17). The number of hydrogen-bond donors (Lipinski definition) is 2. The normalized spacial score (nSPS) is 16.9. The number of amides is 1. The number of H-pyrrole nitrogens is 1. The maximum Gasteiger partial charge on any atom is 0.291 e. The minimum Gasteiger partial charge on any atom is -0.347 e. The highest BCUT2D eigenvalue weighted by Gasteiger charge is 2.26. The summed E-state index contributed by atoms with van der Waals surface area (Å²) in [4.78, 5) is 16.2. The summed E-state index contributed by atoms with van der Waals surface area (Å²) in [6.07, 6.45) is 4.67. The Kier molecular flexibility index (Phi) is 3.99. The van der Waals surface area contributed by atoms with Gasteiger partial charge >= 0.3 is 0 Å². The molecule has 5 nitrogen and oxygen atoms in total. The number of hydrogen-bond acceptors (Lipinski definition) is 3. The van der Waals surface area contributed by atoms with Gasteiger partial charge in [0, 0.05) is 12.0 Å². The molecular weight excluding hydrogens is 228 g/mol. The van der Waals surface area contributed by atoms with Crippen molar-refractivity contribution in [3.05, 3.63) is 11.6 Å². The van der Waals surface area contributed by atoms with Crippen LogP contribution in [-0.2, 0) is 0 Å². The summed E-state index contributed by atoms with van der Waals surface area (Å²) in [5.74, 6) is 1.93. The molecule has 2 rings (SSSR count). The zero-order valence-corrected chi connectivity index (χ0v) is 11.4. The van der Waals surface area contributed by atoms with Crippen LogP contribution >= 0.6 is 0 Å². The first kappa shape index (κ1) is 13.1. The Hall–Kier alpha value is -1.39. The summed E-state index contributed by atoms with van der Waals surface area (Å²) in [7, 11) is 0. The Balaban J connectivity index is 1.92. The van der Waals surface area contributed by atoms with Gasteiger partial charge in [-0.15, -0.1) is 5.10 Å². The Morgan fingerprint density at radius 1 is 1.50 bits per heavy atom. The van der Waals surface area contributed by atoms with Gasteiger partial charge in [0.25, 0.3) is 5.91 Å². The lowest BCUT2D eigenvalue weighted by Crippen LogP contribution is -2.35. The molecule has 0 saturated heterocycles. The van der Waals surface area contributed by atoms with Crippen molar-refractivity contribution in [3.63, 3.8) is 0 Å². The van der Waals surface area contributed by atoms with Crippen molar-refractivity contribution < 1.29 is 4.79 Å². The lowest BCUT2D eigenvalue weighted by molar-refractivity contribution is 0.0922. The summed E-state index contributed by atoms with van der Waals surface area (Å²) in [5.41, 5.74) is 0. The van der Waals surface area contributed by atoms with Gasteiger partial charge in [-0.2, -0.15) is 0 Å². The molecule has 1 aromatic rings. The molecule has 5 heteroatoms. The van der Waals surface area contributed by atoms with Crippen molar-refractivity contribution in [2.75, 3.05) is 0 Å². The van der Waals surface area contributed by atoms with Crippen molar-refractivity contribution in [3.8, 4) is 0 Å². The third-order valence-electron chi connectivity index (χ3n) is 3.40. The molecule has 0 aliphatic heterocycles. The number of carbonyl (C=O) groups is 1. The second-order valence-electron chi connectivity index (χ2n) is 5.46. The molecule has 1 amide bonds. The molecule has 1 aliphatic rings. The van der Waals surface area contributed by atoms with E-state index >= 15 is 0 Å². The quantitative estimate of drug-likeness (QED) is 0.813. The van der Waals surface area contributed by atoms with Crippen LogP contribution < -0.4 is 5.32 Å². The highest BCUT2D eigenvalue weighted by Crippen LogP contribution is 2.34. The largest absolute Gasteiger partial charge is 0.347 e. The van der Waals surface area contributed by atoms with Crippen molar-refractivity contribution >= 4 is 5.91 Å². The van der Waals surface area contributed by atoms with E-state index in [1.807, 2.05) is 13.8 Å². The highest BCUT2D eigenvalue weighted by molar-refractivity contribution is 5.90. The van der Waals surface area contributed by atoms with Crippen molar-refractivity contribution in [2.24, 2.45) is 5.92 Å². The third-order valence-corrected chi connectivity index (χ3v) is 3.40. The van der Waals surface area contributed by atoms with Crippen LogP contribution in [0, 0.1) is 5.92 Å². The topological polar surface area (TPSA) is 70.7 Å². The van der Waals surface area contributed by atoms with Gasteiger partial charge in [0.05, 0.1) is 0 Å². The number of aromatic amines is 1. The molecule has 0 spiro atoms. The van der Waals surface area contributed by atoms with Crippen LogP contribution in [-0.4, -0.2) is 27.1 Å². The van der Waals surface area contributed by atoms with Gasteiger partial charge in [-0.1, -0.05) is 33.6 Å². The number of carbonyl (C=O) groups excluding carboxylic acids is 1. The summed E-state index contributed by atoms with van der Waals surface area (Å²) in [6, 6.07) is 0.256. The van der Waals surface area contributed by atoms with E-state index in [1.165, 1.54) is 12.8 Å². The van der Waals surface area contributed by atoms with Crippen LogP contribution in [0.4, 0.5) is 0 Å². The first-order chi connectivity index (χ1) is 8.60. The average molecular weight is 250 g/mol. The van der Waals surface area contributed by atoms with E-state index in [4.69, 9.17) is 0 Å². The van der Waals surface area contributed by atoms with Gasteiger partial charge in [-0.05, 0) is 18.8 Å². The Labute approximate surface area is 108 Å². The van der Waals surface area contributed by atoms with Crippen molar-refractivity contribution in [2.45, 2.75) is 58.4 Å². The molecule has 1 unspecified atom stereocenters. The minimum atomic E-state index is -0.161. The molecule has 0 aromatic carbocycles. The number of nitrogens with zero attached hydrogens (tertiary/aromatic N) is 2. The van der Waals surface area contributed by atoms with Gasteiger partial charge < -0.3 is 5.32 Å². The van der Waals surface area contributed by atoms with Crippen LogP contribution in [0.15, 0.2) is 0 Å². The van der Waals surface area contributed by atoms with E-state index < -0.39 is 0 Å². The molecule has 0 radical (unpaired) electrons. The first-order valence-electron chi connectivity index (χ1n) is 6.83. The SMILES string of the molecule is CCC(CC1CC1)NC(=O)c1n[nH]c(C(C)C)n1. The van der Waals surface area contributed by atoms with Crippen LogP contribution in [0.2, 0.25) is 0 Å². The van der Waals surface area contributed by atoms with E-state index in [-0.39, 0.29) is 23.7 Å². The number of nitrogens with one attached hydrogen (secondary N) is 2. The predicted molar refractivity (Wildman–Crippen MR) is 69.4 cm³/mol. The van der Waals surface area contributed by atoms with Crippen LogP contribution in [0.25, 0.3) is 0 Å². The second kappa shape index (κ2) is 5.50. The molecule has 1 aromatic heterocycles. The second-order valence-corrected chi connectivity index (χ2v) is 5.46. The van der Waals surface area contributed by atoms with E-state index in [9.17, 15) is 4.79 Å². The zero-order valence-electron chi connectivity index (χ0n) is 11.4. The Morgan fingerprint density at radius 3 is 2.72 bits per heavy atom. The molecule has 1 saturated carbocycles. The van der Waals surface area contributed by atoms with Crippen molar-refractivity contribution in [1.29, 1.82) is 0 Å². The highest BCUT2D eigenvalue weighted by atomic mass is 16.2. The van der Waals surface area contributed by atoms with Crippen LogP contribution in [0.5, 0.6) is 0 Å². The third kappa shape index (κ3) is 3.31. The summed E-state index contributed by atoms with van der Waals surface area (Å²) >= 11 is 0. The predicted octanol–water partition coefficient (Wildman–Crippen LogP) is 2.24. The average Bonchev–Trinajstić information content (AvgIpc) is 3.00. The van der Waals surface area contributed by atoms with Gasteiger partial charge in [0.1, 0.15) is 5.82 Å². The first-order valence-corrected chi connectivity index (χ1v) is 6.83. The lowest BCUT2D eigenvalue weighted by Gasteiger charge is -2.15. The lowest BCUT2D eigenvalue weighted by atomic mass is 10.1. The molecule has 1 atom stereocenters. The smallest absolute Gasteiger partial charge is 0.291 e.